The molecule has 3 aromatic rings. The Morgan fingerprint density at radius 2 is 1.94 bits per heavy atom. The molecule has 0 saturated carbocycles. The van der Waals surface area contributed by atoms with Crippen LogP contribution < -0.4 is 5.73 Å². The minimum absolute atomic E-state index is 0.746. The Balaban J connectivity index is 2.18. The van der Waals surface area contributed by atoms with Gasteiger partial charge in [-0.3, -0.25) is 4.98 Å². The van der Waals surface area contributed by atoms with Crippen LogP contribution in [0.15, 0.2) is 54.9 Å². The van der Waals surface area contributed by atoms with Gasteiger partial charge >= 0.3 is 0 Å². The maximum Gasteiger partial charge on any atom is 0.0892 e. The normalized spacial score (nSPS) is 10.6. The number of nitrogen functional groups attached to an aromatic ring is 1. The van der Waals surface area contributed by atoms with Gasteiger partial charge in [0.15, 0.2) is 0 Å². The van der Waals surface area contributed by atoms with Gasteiger partial charge in [-0.25, -0.2) is 4.98 Å². The summed E-state index contributed by atoms with van der Waals surface area (Å²) in [5, 5.41) is 1.09. The Morgan fingerprint density at radius 1 is 1.00 bits per heavy atom. The molecular weight excluding hydrogens is 210 g/mol. The van der Waals surface area contributed by atoms with Gasteiger partial charge in [-0.2, -0.15) is 0 Å². The number of anilines is 1. The highest BCUT2D eigenvalue weighted by Crippen LogP contribution is 2.21. The van der Waals surface area contributed by atoms with Crippen molar-refractivity contribution >= 4 is 16.6 Å². The van der Waals surface area contributed by atoms with Crippen LogP contribution in [-0.2, 0) is 0 Å². The van der Waals surface area contributed by atoms with E-state index in [1.807, 2.05) is 42.5 Å². The molecule has 3 rings (SSSR count). The lowest BCUT2D eigenvalue weighted by molar-refractivity contribution is 1.31. The quantitative estimate of drug-likeness (QED) is 0.643. The van der Waals surface area contributed by atoms with Gasteiger partial charge in [-0.15, -0.1) is 0 Å². The van der Waals surface area contributed by atoms with Crippen molar-refractivity contribution in [1.29, 1.82) is 0 Å². The Hall–Kier alpha value is -2.42. The molecule has 0 atom stereocenters. The van der Waals surface area contributed by atoms with Crippen LogP contribution in [0.1, 0.15) is 0 Å². The Labute approximate surface area is 98.9 Å². The van der Waals surface area contributed by atoms with E-state index in [4.69, 9.17) is 5.73 Å². The van der Waals surface area contributed by atoms with Crippen molar-refractivity contribution < 1.29 is 0 Å². The van der Waals surface area contributed by atoms with Gasteiger partial charge in [0.1, 0.15) is 0 Å². The summed E-state index contributed by atoms with van der Waals surface area (Å²) in [6.45, 7) is 0. The average Bonchev–Trinajstić information content (AvgIpc) is 2.38. The molecule has 2 N–H and O–H groups in total. The highest BCUT2D eigenvalue weighted by atomic mass is 14.7. The molecule has 3 nitrogen and oxygen atoms in total. The van der Waals surface area contributed by atoms with E-state index in [9.17, 15) is 0 Å². The summed E-state index contributed by atoms with van der Waals surface area (Å²) >= 11 is 0. The summed E-state index contributed by atoms with van der Waals surface area (Å²) in [4.78, 5) is 8.65. The number of nitrogens with zero attached hydrogens (tertiary/aromatic N) is 2. The van der Waals surface area contributed by atoms with Gasteiger partial charge < -0.3 is 5.73 Å². The van der Waals surface area contributed by atoms with Crippen LogP contribution >= 0.6 is 0 Å². The van der Waals surface area contributed by atoms with Crippen molar-refractivity contribution in [2.75, 3.05) is 5.73 Å². The minimum atomic E-state index is 0.746. The highest BCUT2D eigenvalue weighted by Gasteiger charge is 2.01. The second-order valence-corrected chi connectivity index (χ2v) is 3.89. The first kappa shape index (κ1) is 9.78. The Bertz CT molecular complexity index is 677. The van der Waals surface area contributed by atoms with Crippen LogP contribution in [0, 0.1) is 0 Å². The van der Waals surface area contributed by atoms with Gasteiger partial charge in [-0.1, -0.05) is 18.2 Å². The molecule has 2 heterocycles. The predicted molar refractivity (Wildman–Crippen MR) is 69.4 cm³/mol. The van der Waals surface area contributed by atoms with Crippen molar-refractivity contribution in [2.45, 2.75) is 0 Å². The zero-order valence-corrected chi connectivity index (χ0v) is 9.17. The summed E-state index contributed by atoms with van der Waals surface area (Å²) in [6, 6.07) is 13.7. The third kappa shape index (κ3) is 1.83. The van der Waals surface area contributed by atoms with E-state index in [-0.39, 0.29) is 0 Å². The molecular formula is C14H11N3. The molecule has 3 heteroatoms. The van der Waals surface area contributed by atoms with Crippen LogP contribution in [0.3, 0.4) is 0 Å². The zero-order valence-electron chi connectivity index (χ0n) is 9.17. The molecule has 0 aliphatic rings. The van der Waals surface area contributed by atoms with Gasteiger partial charge in [0.2, 0.25) is 0 Å². The number of benzene rings is 1. The molecule has 0 unspecified atom stereocenters. The Morgan fingerprint density at radius 3 is 2.82 bits per heavy atom. The number of pyridine rings is 2. The molecule has 0 fully saturated rings. The largest absolute Gasteiger partial charge is 0.399 e. The molecule has 0 aliphatic heterocycles. The van der Waals surface area contributed by atoms with E-state index in [1.165, 1.54) is 0 Å². The Kier molecular flexibility index (Phi) is 2.22. The summed E-state index contributed by atoms with van der Waals surface area (Å²) in [5.41, 5.74) is 9.35. The first-order valence-corrected chi connectivity index (χ1v) is 5.40. The number of nitrogens with two attached hydrogens (primary N) is 1. The molecule has 0 radical (unpaired) electrons. The molecule has 0 bridgehead atoms. The van der Waals surface area contributed by atoms with Crippen LogP contribution in [0.4, 0.5) is 5.69 Å². The zero-order chi connectivity index (χ0) is 11.7. The van der Waals surface area contributed by atoms with Crippen molar-refractivity contribution in [3.63, 3.8) is 0 Å². The fourth-order valence-electron chi connectivity index (χ4n) is 1.83. The first-order valence-electron chi connectivity index (χ1n) is 5.40. The number of hydrogen-bond acceptors (Lipinski definition) is 3. The number of fused-ring (bicyclic) bond motifs is 1. The number of aromatic nitrogens is 2. The maximum absolute atomic E-state index is 5.77. The molecule has 0 amide bonds. The highest BCUT2D eigenvalue weighted by molar-refractivity contribution is 5.80. The summed E-state index contributed by atoms with van der Waals surface area (Å²) < 4.78 is 0. The third-order valence-corrected chi connectivity index (χ3v) is 2.68. The van der Waals surface area contributed by atoms with E-state index in [1.54, 1.807) is 12.4 Å². The van der Waals surface area contributed by atoms with E-state index in [0.29, 0.717) is 0 Å². The lowest BCUT2D eigenvalue weighted by atomic mass is 10.1. The molecule has 0 saturated heterocycles. The summed E-state index contributed by atoms with van der Waals surface area (Å²) in [5.74, 6) is 0. The molecule has 82 valence electrons. The van der Waals surface area contributed by atoms with Gasteiger partial charge in [0, 0.05) is 22.8 Å². The molecule has 2 aromatic heterocycles. The molecule has 1 aromatic carbocycles. The lowest BCUT2D eigenvalue weighted by Crippen LogP contribution is -1.88. The van der Waals surface area contributed by atoms with Crippen molar-refractivity contribution in [3.8, 4) is 11.3 Å². The molecule has 0 aliphatic carbocycles. The number of hydrogen-bond donors (Lipinski definition) is 1. The van der Waals surface area contributed by atoms with Crippen molar-refractivity contribution in [2.24, 2.45) is 0 Å². The second kappa shape index (κ2) is 3.87. The van der Waals surface area contributed by atoms with Gasteiger partial charge in [-0.05, 0) is 24.3 Å². The maximum atomic E-state index is 5.77. The van der Waals surface area contributed by atoms with E-state index in [2.05, 4.69) is 9.97 Å². The average molecular weight is 221 g/mol. The van der Waals surface area contributed by atoms with Crippen LogP contribution in [0.2, 0.25) is 0 Å². The standard InChI is InChI=1S/C14H11N3/c15-12-3-1-2-11(8-12)13-5-4-10-6-7-16-9-14(10)17-13/h1-9H,15H2. The summed E-state index contributed by atoms with van der Waals surface area (Å²) in [6.07, 6.45) is 3.54. The summed E-state index contributed by atoms with van der Waals surface area (Å²) in [7, 11) is 0. The minimum Gasteiger partial charge on any atom is -0.399 e. The second-order valence-electron chi connectivity index (χ2n) is 3.89. The molecule has 0 spiro atoms. The fraction of sp³-hybridized carbons (Fsp3) is 0. The van der Waals surface area contributed by atoms with E-state index < -0.39 is 0 Å². The smallest absolute Gasteiger partial charge is 0.0892 e. The predicted octanol–water partition coefficient (Wildman–Crippen LogP) is 2.88. The van der Waals surface area contributed by atoms with Gasteiger partial charge in [0.25, 0.3) is 0 Å². The molecule has 17 heavy (non-hydrogen) atoms. The lowest BCUT2D eigenvalue weighted by Gasteiger charge is -2.03. The SMILES string of the molecule is Nc1cccc(-c2ccc3ccncc3n2)c1. The van der Waals surface area contributed by atoms with Crippen molar-refractivity contribution in [3.05, 3.63) is 54.9 Å². The van der Waals surface area contributed by atoms with Gasteiger partial charge in [0.05, 0.1) is 17.4 Å². The van der Waals surface area contributed by atoms with Crippen molar-refractivity contribution in [1.82, 2.24) is 9.97 Å². The van der Waals surface area contributed by atoms with Crippen LogP contribution in [0.25, 0.3) is 22.2 Å². The third-order valence-electron chi connectivity index (χ3n) is 2.68. The van der Waals surface area contributed by atoms with Crippen LogP contribution in [-0.4, -0.2) is 9.97 Å². The van der Waals surface area contributed by atoms with E-state index in [0.717, 1.165) is 27.8 Å². The van der Waals surface area contributed by atoms with Crippen LogP contribution in [0.5, 0.6) is 0 Å². The first-order chi connectivity index (χ1) is 8.33. The monoisotopic (exact) mass is 221 g/mol. The number of rotatable bonds is 1. The topological polar surface area (TPSA) is 51.8 Å². The van der Waals surface area contributed by atoms with E-state index >= 15 is 0 Å². The fourth-order valence-corrected chi connectivity index (χ4v) is 1.83.